The van der Waals surface area contributed by atoms with Crippen LogP contribution in [0.15, 0.2) is 0 Å². The lowest BCUT2D eigenvalue weighted by Crippen LogP contribution is -2.58. The second kappa shape index (κ2) is 4.27. The fourth-order valence-corrected chi connectivity index (χ4v) is 3.78. The third-order valence-corrected chi connectivity index (χ3v) is 5.01. The highest BCUT2D eigenvalue weighted by Crippen LogP contribution is 2.57. The Morgan fingerprint density at radius 1 is 0.947 bits per heavy atom. The van der Waals surface area contributed by atoms with Crippen LogP contribution in [0.1, 0.15) is 32.6 Å². The van der Waals surface area contributed by atoms with Gasteiger partial charge < -0.3 is 5.11 Å². The standard InChI is InChI=1S/C12H16F6O/c1-6-7-2-3-8(4-7)9(6)5-10(19,11(13,14)15)12(16,17)18/h6-9,19H,2-5H2,1H3. The third-order valence-electron chi connectivity index (χ3n) is 5.01. The summed E-state index contributed by atoms with van der Waals surface area (Å²) < 4.78 is 75.9. The summed E-state index contributed by atoms with van der Waals surface area (Å²) in [5.41, 5.74) is -4.58. The Hall–Kier alpha value is -0.460. The monoisotopic (exact) mass is 290 g/mol. The average molecular weight is 290 g/mol. The molecule has 4 atom stereocenters. The summed E-state index contributed by atoms with van der Waals surface area (Å²) in [5.74, 6) is -0.793. The predicted octanol–water partition coefficient (Wildman–Crippen LogP) is 3.91. The molecule has 0 aromatic rings. The van der Waals surface area contributed by atoms with Crippen LogP contribution >= 0.6 is 0 Å². The van der Waals surface area contributed by atoms with Gasteiger partial charge in [-0.3, -0.25) is 0 Å². The van der Waals surface area contributed by atoms with Crippen molar-refractivity contribution < 1.29 is 31.4 Å². The lowest BCUT2D eigenvalue weighted by Gasteiger charge is -2.38. The van der Waals surface area contributed by atoms with Gasteiger partial charge in [0.25, 0.3) is 5.60 Å². The van der Waals surface area contributed by atoms with E-state index in [4.69, 9.17) is 0 Å². The van der Waals surface area contributed by atoms with Crippen LogP contribution in [0.2, 0.25) is 0 Å². The second-order valence-corrected chi connectivity index (χ2v) is 5.92. The first-order valence-corrected chi connectivity index (χ1v) is 6.33. The number of hydrogen-bond acceptors (Lipinski definition) is 1. The van der Waals surface area contributed by atoms with Gasteiger partial charge >= 0.3 is 12.4 Å². The second-order valence-electron chi connectivity index (χ2n) is 5.92. The Balaban J connectivity index is 2.23. The first kappa shape index (κ1) is 14.9. The van der Waals surface area contributed by atoms with Crippen molar-refractivity contribution in [3.63, 3.8) is 0 Å². The van der Waals surface area contributed by atoms with Crippen molar-refractivity contribution in [1.82, 2.24) is 0 Å². The highest BCUT2D eigenvalue weighted by Gasteiger charge is 2.71. The van der Waals surface area contributed by atoms with Crippen molar-refractivity contribution in [2.45, 2.75) is 50.6 Å². The van der Waals surface area contributed by atoms with E-state index in [0.29, 0.717) is 12.8 Å². The molecule has 1 nitrogen and oxygen atoms in total. The average Bonchev–Trinajstić information content (AvgIpc) is 2.78. The Morgan fingerprint density at radius 3 is 1.79 bits per heavy atom. The highest BCUT2D eigenvalue weighted by molar-refractivity contribution is 5.02. The molecule has 0 radical (unpaired) electrons. The van der Waals surface area contributed by atoms with Gasteiger partial charge in [-0.25, -0.2) is 0 Å². The van der Waals surface area contributed by atoms with Gasteiger partial charge in [0.15, 0.2) is 0 Å². The van der Waals surface area contributed by atoms with Crippen LogP contribution in [-0.4, -0.2) is 23.1 Å². The molecule has 0 heterocycles. The molecule has 19 heavy (non-hydrogen) atoms. The number of alkyl halides is 6. The van der Waals surface area contributed by atoms with Crippen LogP contribution in [0, 0.1) is 23.7 Å². The van der Waals surface area contributed by atoms with E-state index in [1.807, 2.05) is 0 Å². The quantitative estimate of drug-likeness (QED) is 0.764. The van der Waals surface area contributed by atoms with Gasteiger partial charge in [0.1, 0.15) is 0 Å². The minimum Gasteiger partial charge on any atom is -0.374 e. The normalized spacial score (nSPS) is 36.0. The van der Waals surface area contributed by atoms with Crippen molar-refractivity contribution in [3.05, 3.63) is 0 Å². The van der Waals surface area contributed by atoms with Crippen LogP contribution in [0.4, 0.5) is 26.3 Å². The summed E-state index contributed by atoms with van der Waals surface area (Å²) in [5, 5.41) is 9.24. The Morgan fingerprint density at radius 2 is 1.42 bits per heavy atom. The number of fused-ring (bicyclic) bond motifs is 2. The molecule has 2 saturated carbocycles. The molecular formula is C12H16F6O. The number of halogens is 6. The van der Waals surface area contributed by atoms with E-state index >= 15 is 0 Å². The summed E-state index contributed by atoms with van der Waals surface area (Å²) >= 11 is 0. The Bertz CT molecular complexity index is 331. The first-order chi connectivity index (χ1) is 8.47. The zero-order valence-corrected chi connectivity index (χ0v) is 10.4. The molecule has 2 aliphatic carbocycles. The van der Waals surface area contributed by atoms with Crippen LogP contribution in [0.5, 0.6) is 0 Å². The Labute approximate surface area is 107 Å². The van der Waals surface area contributed by atoms with Crippen LogP contribution in [0.3, 0.4) is 0 Å². The molecule has 0 aliphatic heterocycles. The maximum absolute atomic E-state index is 12.7. The van der Waals surface area contributed by atoms with Gasteiger partial charge in [-0.1, -0.05) is 6.92 Å². The molecule has 2 bridgehead atoms. The number of aliphatic hydroxyl groups is 1. The molecule has 2 aliphatic rings. The van der Waals surface area contributed by atoms with Crippen molar-refractivity contribution in [2.75, 3.05) is 0 Å². The maximum atomic E-state index is 12.7. The predicted molar refractivity (Wildman–Crippen MR) is 55.2 cm³/mol. The first-order valence-electron chi connectivity index (χ1n) is 6.33. The van der Waals surface area contributed by atoms with Crippen molar-refractivity contribution in [3.8, 4) is 0 Å². The fourth-order valence-electron chi connectivity index (χ4n) is 3.78. The van der Waals surface area contributed by atoms with Gasteiger partial charge in [0.2, 0.25) is 0 Å². The van der Waals surface area contributed by atoms with Gasteiger partial charge in [0, 0.05) is 0 Å². The molecule has 0 saturated heterocycles. The minimum atomic E-state index is -5.69. The van der Waals surface area contributed by atoms with Crippen LogP contribution in [-0.2, 0) is 0 Å². The molecule has 4 unspecified atom stereocenters. The van der Waals surface area contributed by atoms with E-state index in [1.54, 1.807) is 6.92 Å². The Kier molecular flexibility index (Phi) is 3.35. The van der Waals surface area contributed by atoms with Gasteiger partial charge in [-0.05, 0) is 49.4 Å². The zero-order valence-electron chi connectivity index (χ0n) is 10.4. The lowest BCUT2D eigenvalue weighted by atomic mass is 9.74. The molecular weight excluding hydrogens is 274 g/mol. The zero-order chi connectivity index (χ0) is 14.6. The SMILES string of the molecule is CC1C2CCC(C2)C1CC(O)(C(F)(F)F)C(F)(F)F. The molecule has 0 aromatic heterocycles. The molecule has 1 N–H and O–H groups in total. The van der Waals surface area contributed by atoms with Crippen molar-refractivity contribution in [1.29, 1.82) is 0 Å². The molecule has 7 heteroatoms. The highest BCUT2D eigenvalue weighted by atomic mass is 19.4. The van der Waals surface area contributed by atoms with E-state index in [0.717, 1.165) is 6.42 Å². The van der Waals surface area contributed by atoms with E-state index in [1.165, 1.54) is 0 Å². The lowest BCUT2D eigenvalue weighted by molar-refractivity contribution is -0.374. The largest absolute Gasteiger partial charge is 0.426 e. The molecule has 2 fully saturated rings. The van der Waals surface area contributed by atoms with Gasteiger partial charge in [0.05, 0.1) is 0 Å². The number of hydrogen-bond donors (Lipinski definition) is 1. The minimum absolute atomic E-state index is 0.115. The fraction of sp³-hybridized carbons (Fsp3) is 1.00. The van der Waals surface area contributed by atoms with E-state index in [9.17, 15) is 31.4 Å². The van der Waals surface area contributed by atoms with E-state index < -0.39 is 30.3 Å². The summed E-state index contributed by atoms with van der Waals surface area (Å²) in [6.45, 7) is 1.70. The molecule has 0 amide bonds. The third kappa shape index (κ3) is 2.23. The van der Waals surface area contributed by atoms with E-state index in [-0.39, 0.29) is 17.8 Å². The molecule has 112 valence electrons. The van der Waals surface area contributed by atoms with E-state index in [2.05, 4.69) is 0 Å². The number of rotatable bonds is 2. The van der Waals surface area contributed by atoms with Crippen LogP contribution < -0.4 is 0 Å². The maximum Gasteiger partial charge on any atom is 0.426 e. The summed E-state index contributed by atoms with van der Waals surface area (Å²) in [7, 11) is 0. The summed E-state index contributed by atoms with van der Waals surface area (Å²) in [4.78, 5) is 0. The topological polar surface area (TPSA) is 20.2 Å². The van der Waals surface area contributed by atoms with Crippen LogP contribution in [0.25, 0.3) is 0 Å². The molecule has 0 aromatic carbocycles. The smallest absolute Gasteiger partial charge is 0.374 e. The van der Waals surface area contributed by atoms with Gasteiger partial charge in [-0.15, -0.1) is 0 Å². The molecule has 2 rings (SSSR count). The van der Waals surface area contributed by atoms with Crippen molar-refractivity contribution in [2.24, 2.45) is 23.7 Å². The molecule has 0 spiro atoms. The summed E-state index contributed by atoms with van der Waals surface area (Å²) in [6.07, 6.45) is -10.4. The van der Waals surface area contributed by atoms with Crippen molar-refractivity contribution >= 4 is 0 Å². The van der Waals surface area contributed by atoms with Gasteiger partial charge in [-0.2, -0.15) is 26.3 Å². The summed E-state index contributed by atoms with van der Waals surface area (Å²) in [6, 6.07) is 0.